The first-order valence-corrected chi connectivity index (χ1v) is 8.45. The highest BCUT2D eigenvalue weighted by Gasteiger charge is 2.31. The van der Waals surface area contributed by atoms with Gasteiger partial charge in [-0.2, -0.15) is 0 Å². The Morgan fingerprint density at radius 1 is 1.40 bits per heavy atom. The molecule has 0 radical (unpaired) electrons. The van der Waals surface area contributed by atoms with Gasteiger partial charge in [0.1, 0.15) is 0 Å². The summed E-state index contributed by atoms with van der Waals surface area (Å²) < 4.78 is 0. The van der Waals surface area contributed by atoms with Crippen LogP contribution in [0.5, 0.6) is 0 Å². The van der Waals surface area contributed by atoms with Gasteiger partial charge in [0.25, 0.3) is 0 Å². The van der Waals surface area contributed by atoms with Crippen LogP contribution in [0, 0.1) is 5.92 Å². The van der Waals surface area contributed by atoms with Gasteiger partial charge >= 0.3 is 6.09 Å². The predicted molar refractivity (Wildman–Crippen MR) is 83.5 cm³/mol. The second-order valence-corrected chi connectivity index (χ2v) is 6.51. The molecule has 0 aromatic heterocycles. The summed E-state index contributed by atoms with van der Waals surface area (Å²) in [5.41, 5.74) is 1.38. The highest BCUT2D eigenvalue weighted by molar-refractivity contribution is 7.98. The number of amides is 1. The number of carbonyl (C=O) groups is 1. The SMILES string of the molecule is CSc1ccc(CCC[C@H]2C[C@@H](C)N(C(=O)O)C2)cc1. The predicted octanol–water partition coefficient (Wildman–Crippen LogP) is 4.12. The number of hydrogen-bond acceptors (Lipinski definition) is 2. The molecule has 1 aromatic rings. The summed E-state index contributed by atoms with van der Waals surface area (Å²) in [5.74, 6) is 0.534. The first-order chi connectivity index (χ1) is 9.60. The van der Waals surface area contributed by atoms with Crippen molar-refractivity contribution in [1.29, 1.82) is 0 Å². The molecule has 0 aliphatic carbocycles. The van der Waals surface area contributed by atoms with Crippen LogP contribution in [-0.2, 0) is 6.42 Å². The van der Waals surface area contributed by atoms with Gasteiger partial charge in [0.15, 0.2) is 0 Å². The first-order valence-electron chi connectivity index (χ1n) is 7.22. The van der Waals surface area contributed by atoms with Crippen molar-refractivity contribution in [1.82, 2.24) is 4.90 Å². The number of thioether (sulfide) groups is 1. The lowest BCUT2D eigenvalue weighted by molar-refractivity contribution is 0.142. The van der Waals surface area contributed by atoms with E-state index in [1.165, 1.54) is 10.5 Å². The third-order valence-corrected chi connectivity index (χ3v) is 4.89. The maximum absolute atomic E-state index is 11.0. The normalized spacial score (nSPS) is 22.2. The summed E-state index contributed by atoms with van der Waals surface area (Å²) in [6.45, 7) is 2.72. The highest BCUT2D eigenvalue weighted by atomic mass is 32.2. The fourth-order valence-corrected chi connectivity index (χ4v) is 3.41. The van der Waals surface area contributed by atoms with Crippen LogP contribution in [-0.4, -0.2) is 34.9 Å². The van der Waals surface area contributed by atoms with Gasteiger partial charge in [-0.3, -0.25) is 0 Å². The van der Waals surface area contributed by atoms with Crippen molar-refractivity contribution in [2.24, 2.45) is 5.92 Å². The van der Waals surface area contributed by atoms with E-state index < -0.39 is 6.09 Å². The Morgan fingerprint density at radius 2 is 2.10 bits per heavy atom. The molecule has 4 heteroatoms. The third-order valence-electron chi connectivity index (χ3n) is 4.14. The first kappa shape index (κ1) is 15.2. The number of carboxylic acid groups (broad SMARTS) is 1. The van der Waals surface area contributed by atoms with Gasteiger partial charge in [-0.1, -0.05) is 12.1 Å². The second-order valence-electron chi connectivity index (χ2n) is 5.63. The Labute approximate surface area is 125 Å². The Bertz CT molecular complexity index is 446. The molecule has 1 amide bonds. The Hall–Kier alpha value is -1.16. The quantitative estimate of drug-likeness (QED) is 0.830. The van der Waals surface area contributed by atoms with E-state index in [1.807, 2.05) is 6.92 Å². The molecule has 110 valence electrons. The van der Waals surface area contributed by atoms with Crippen molar-refractivity contribution >= 4 is 17.9 Å². The Morgan fingerprint density at radius 3 is 2.65 bits per heavy atom. The molecule has 0 saturated carbocycles. The van der Waals surface area contributed by atoms with Gasteiger partial charge in [-0.25, -0.2) is 4.79 Å². The number of aryl methyl sites for hydroxylation is 1. The zero-order valence-electron chi connectivity index (χ0n) is 12.2. The van der Waals surface area contributed by atoms with Crippen molar-refractivity contribution < 1.29 is 9.90 Å². The van der Waals surface area contributed by atoms with Crippen molar-refractivity contribution in [2.75, 3.05) is 12.8 Å². The van der Waals surface area contributed by atoms with E-state index in [1.54, 1.807) is 16.7 Å². The number of nitrogens with zero attached hydrogens (tertiary/aromatic N) is 1. The van der Waals surface area contributed by atoms with Crippen molar-refractivity contribution in [3.63, 3.8) is 0 Å². The van der Waals surface area contributed by atoms with Gasteiger partial charge in [0, 0.05) is 17.5 Å². The maximum Gasteiger partial charge on any atom is 0.407 e. The molecule has 1 aliphatic rings. The van der Waals surface area contributed by atoms with Gasteiger partial charge in [0.2, 0.25) is 0 Å². The average molecular weight is 293 g/mol. The summed E-state index contributed by atoms with van der Waals surface area (Å²) in [7, 11) is 0. The van der Waals surface area contributed by atoms with Crippen molar-refractivity contribution in [2.45, 2.75) is 43.5 Å². The number of hydrogen-bond donors (Lipinski definition) is 1. The molecular weight excluding hydrogens is 270 g/mol. The standard InChI is InChI=1S/C16H23NO2S/c1-12-10-14(11-17(12)16(18)19)5-3-4-13-6-8-15(20-2)9-7-13/h6-9,12,14H,3-5,10-11H2,1-2H3,(H,18,19)/t12-,14+/m1/s1. The third kappa shape index (κ3) is 3.92. The smallest absolute Gasteiger partial charge is 0.407 e. The van der Waals surface area contributed by atoms with Crippen LogP contribution < -0.4 is 0 Å². The summed E-state index contributed by atoms with van der Waals surface area (Å²) in [5, 5.41) is 9.08. The number of benzene rings is 1. The van der Waals surface area contributed by atoms with E-state index >= 15 is 0 Å². The fraction of sp³-hybridized carbons (Fsp3) is 0.562. The minimum atomic E-state index is -0.771. The van der Waals surface area contributed by atoms with Gasteiger partial charge in [0.05, 0.1) is 0 Å². The van der Waals surface area contributed by atoms with Crippen LogP contribution in [0.15, 0.2) is 29.2 Å². The minimum Gasteiger partial charge on any atom is -0.465 e. The van der Waals surface area contributed by atoms with E-state index in [9.17, 15) is 4.79 Å². The van der Waals surface area contributed by atoms with Crippen LogP contribution in [0.1, 0.15) is 31.7 Å². The van der Waals surface area contributed by atoms with Crippen LogP contribution in [0.25, 0.3) is 0 Å². The van der Waals surface area contributed by atoms with Gasteiger partial charge in [-0.15, -0.1) is 11.8 Å². The number of likely N-dealkylation sites (tertiary alicyclic amines) is 1. The van der Waals surface area contributed by atoms with E-state index in [4.69, 9.17) is 5.11 Å². The molecule has 0 bridgehead atoms. The number of rotatable bonds is 5. The van der Waals surface area contributed by atoms with E-state index in [0.717, 1.165) is 25.7 Å². The molecule has 1 fully saturated rings. The minimum absolute atomic E-state index is 0.179. The van der Waals surface area contributed by atoms with E-state index in [2.05, 4.69) is 30.5 Å². The monoisotopic (exact) mass is 293 g/mol. The lowest BCUT2D eigenvalue weighted by Gasteiger charge is -2.16. The lowest BCUT2D eigenvalue weighted by Crippen LogP contribution is -2.32. The van der Waals surface area contributed by atoms with Crippen LogP contribution in [0.3, 0.4) is 0 Å². The summed E-state index contributed by atoms with van der Waals surface area (Å²) >= 11 is 1.76. The molecule has 1 heterocycles. The lowest BCUT2D eigenvalue weighted by atomic mass is 9.97. The highest BCUT2D eigenvalue weighted by Crippen LogP contribution is 2.27. The topological polar surface area (TPSA) is 40.5 Å². The van der Waals surface area contributed by atoms with Crippen LogP contribution >= 0.6 is 11.8 Å². The molecule has 2 rings (SSSR count). The maximum atomic E-state index is 11.0. The molecule has 0 spiro atoms. The van der Waals surface area contributed by atoms with Crippen molar-refractivity contribution in [3.8, 4) is 0 Å². The molecular formula is C16H23NO2S. The molecule has 3 nitrogen and oxygen atoms in total. The molecule has 1 aliphatic heterocycles. The zero-order valence-corrected chi connectivity index (χ0v) is 13.0. The van der Waals surface area contributed by atoms with Crippen LogP contribution in [0.4, 0.5) is 4.79 Å². The molecule has 1 N–H and O–H groups in total. The average Bonchev–Trinajstić information content (AvgIpc) is 2.81. The Balaban J connectivity index is 1.74. The summed E-state index contributed by atoms with van der Waals surface area (Å²) in [6, 6.07) is 8.92. The Kier molecular flexibility index (Phi) is 5.35. The van der Waals surface area contributed by atoms with Crippen LogP contribution in [0.2, 0.25) is 0 Å². The second kappa shape index (κ2) is 7.02. The molecule has 1 aromatic carbocycles. The molecule has 0 unspecified atom stereocenters. The van der Waals surface area contributed by atoms with Crippen molar-refractivity contribution in [3.05, 3.63) is 29.8 Å². The zero-order chi connectivity index (χ0) is 14.5. The van der Waals surface area contributed by atoms with Gasteiger partial charge < -0.3 is 10.0 Å². The largest absolute Gasteiger partial charge is 0.465 e. The van der Waals surface area contributed by atoms with E-state index in [-0.39, 0.29) is 6.04 Å². The fourth-order valence-electron chi connectivity index (χ4n) is 3.01. The van der Waals surface area contributed by atoms with Gasteiger partial charge in [-0.05, 0) is 62.5 Å². The summed E-state index contributed by atoms with van der Waals surface area (Å²) in [4.78, 5) is 13.9. The molecule has 20 heavy (non-hydrogen) atoms. The van der Waals surface area contributed by atoms with E-state index in [0.29, 0.717) is 12.5 Å². The molecule has 2 atom stereocenters. The molecule has 1 saturated heterocycles. The summed E-state index contributed by atoms with van der Waals surface area (Å²) in [6.07, 6.45) is 5.68.